The molecule has 0 aliphatic rings. The molecule has 1 aromatic carbocycles. The third kappa shape index (κ3) is 15.6. The number of carbonyl (C=O) groups excluding carboxylic acids is 1. The highest BCUT2D eigenvalue weighted by molar-refractivity contribution is 7.88. The molecule has 0 aliphatic heterocycles. The summed E-state index contributed by atoms with van der Waals surface area (Å²) in [4.78, 5) is 12.9. The fraction of sp³-hybridized carbons (Fsp3) is 0.774. The van der Waals surface area contributed by atoms with Gasteiger partial charge in [0.25, 0.3) is 0 Å². The van der Waals surface area contributed by atoms with E-state index in [0.717, 1.165) is 12.5 Å². The maximum Gasteiger partial charge on any atom is 0.412 e. The zero-order valence-electron chi connectivity index (χ0n) is 35.8. The highest BCUT2D eigenvalue weighted by Gasteiger charge is 2.72. The maximum absolute atomic E-state index is 12.9. The molecule has 0 aliphatic carbocycles. The quantitative estimate of drug-likeness (QED) is 0.102. The van der Waals surface area contributed by atoms with Gasteiger partial charge in [-0.15, -0.1) is 0 Å². The second-order valence-corrected chi connectivity index (χ2v) is 79.7. The number of carbonyl (C=O) groups is 1. The van der Waals surface area contributed by atoms with Gasteiger partial charge in [0, 0.05) is 6.54 Å². The fourth-order valence-electron chi connectivity index (χ4n) is 8.63. The van der Waals surface area contributed by atoms with Gasteiger partial charge in [0.05, 0.1) is 0 Å². The Kier molecular flexibility index (Phi) is 16.5. The van der Waals surface area contributed by atoms with Crippen LogP contribution in [0.4, 0.5) is 4.79 Å². The van der Waals surface area contributed by atoms with Crippen LogP contribution in [0, 0.1) is 0 Å². The number of benzene rings is 1. The lowest BCUT2D eigenvalue weighted by Gasteiger charge is -2.61. The summed E-state index contributed by atoms with van der Waals surface area (Å²) in [6, 6.07) is 10.1. The van der Waals surface area contributed by atoms with Crippen molar-refractivity contribution in [2.24, 2.45) is 0 Å². The Morgan fingerprint density at radius 3 is 1.12 bits per heavy atom. The molecule has 0 atom stereocenters. The molecule has 0 heterocycles. The standard InChI is InChI=1S/C31H75NO8Si10/c1-41(2,3)35-44(10,11)38-47(16,17)50(48(18,19)39-45(12,13)36-42(4,5)6,49(20,21)40-46(14,15)37-43(7,8)9)29-25-28-32-31(33)34-30-26-23-22-24-27-30/h22-24,26-27H,25,28-29H2,1-21H3,(H,32,33). The van der Waals surface area contributed by atoms with E-state index in [2.05, 4.69) is 143 Å². The molecular formula is C31H75NO8Si10. The first-order valence-corrected chi connectivity index (χ1v) is 50.8. The van der Waals surface area contributed by atoms with E-state index in [1.807, 2.05) is 18.2 Å². The van der Waals surface area contributed by atoms with E-state index in [0.29, 0.717) is 12.3 Å². The van der Waals surface area contributed by atoms with Crippen molar-refractivity contribution in [3.8, 4) is 5.75 Å². The molecule has 0 fully saturated rings. The predicted molar refractivity (Wildman–Crippen MR) is 237 cm³/mol. The summed E-state index contributed by atoms with van der Waals surface area (Å²) in [6.45, 7) is 46.0. The third-order valence-electron chi connectivity index (χ3n) is 8.19. The summed E-state index contributed by atoms with van der Waals surface area (Å²) in [5.74, 6) is 0.526. The van der Waals surface area contributed by atoms with Gasteiger partial charge in [-0.05, 0) is 156 Å². The van der Waals surface area contributed by atoms with Gasteiger partial charge in [0.1, 0.15) is 12.4 Å². The van der Waals surface area contributed by atoms with Gasteiger partial charge in [0.2, 0.25) is 0 Å². The van der Waals surface area contributed by atoms with Gasteiger partial charge >= 0.3 is 31.8 Å². The first kappa shape index (κ1) is 48.4. The number of hydrogen-bond donors (Lipinski definition) is 1. The number of hydrogen-bond acceptors (Lipinski definition) is 8. The van der Waals surface area contributed by atoms with Crippen LogP contribution < -0.4 is 10.1 Å². The summed E-state index contributed by atoms with van der Waals surface area (Å²) in [7, 11) is -21.4. The highest BCUT2D eigenvalue weighted by atomic mass is 29.9. The molecule has 1 aromatic rings. The molecule has 1 amide bonds. The molecule has 1 rings (SSSR count). The summed E-state index contributed by atoms with van der Waals surface area (Å²) in [5, 5.41) is 3.05. The number of rotatable bonds is 20. The van der Waals surface area contributed by atoms with Crippen LogP contribution in [0.3, 0.4) is 0 Å². The van der Waals surface area contributed by atoms with Gasteiger partial charge in [0.15, 0.2) is 48.5 Å². The van der Waals surface area contributed by atoms with Gasteiger partial charge in [-0.25, -0.2) is 4.79 Å². The molecule has 9 nitrogen and oxygen atoms in total. The lowest BCUT2D eigenvalue weighted by atomic mass is 10.3. The minimum absolute atomic E-state index is 0.442. The molecule has 292 valence electrons. The van der Waals surface area contributed by atoms with E-state index in [1.54, 1.807) is 12.1 Å². The van der Waals surface area contributed by atoms with Crippen molar-refractivity contribution in [3.63, 3.8) is 0 Å². The van der Waals surface area contributed by atoms with E-state index in [1.165, 1.54) is 0 Å². The SMILES string of the molecule is C[Si](C)(C)O[Si](C)(C)O[Si](C)(C)[Si](CCCNC(=O)Oc1ccccc1)([Si](C)(C)O[Si](C)(C)O[Si](C)(C)C)[Si](C)(C)O[Si](C)(C)O[Si](C)(C)C. The number of amides is 1. The summed E-state index contributed by atoms with van der Waals surface area (Å²) in [5.41, 5.74) is 0. The van der Waals surface area contributed by atoms with Crippen LogP contribution in [-0.2, 0) is 24.7 Å². The van der Waals surface area contributed by atoms with Crippen LogP contribution in [0.5, 0.6) is 5.75 Å². The number of nitrogens with one attached hydrogen (secondary N) is 1. The van der Waals surface area contributed by atoms with Crippen molar-refractivity contribution in [1.29, 1.82) is 0 Å². The second kappa shape index (κ2) is 17.1. The van der Waals surface area contributed by atoms with Crippen LogP contribution in [-0.4, -0.2) is 93.4 Å². The van der Waals surface area contributed by atoms with Crippen LogP contribution in [0.2, 0.25) is 144 Å². The molecule has 0 saturated carbocycles. The van der Waals surface area contributed by atoms with Crippen LogP contribution in [0.15, 0.2) is 30.3 Å². The Morgan fingerprint density at radius 2 is 0.820 bits per heavy atom. The largest absolute Gasteiger partial charge is 0.439 e. The average molecular weight is 871 g/mol. The van der Waals surface area contributed by atoms with Crippen molar-refractivity contribution in [1.82, 2.24) is 5.32 Å². The normalized spacial score (nSPS) is 14.9. The van der Waals surface area contributed by atoms with Gasteiger partial charge < -0.3 is 34.7 Å². The molecule has 1 N–H and O–H groups in total. The zero-order chi connectivity index (χ0) is 39.5. The first-order chi connectivity index (χ1) is 22.0. The lowest BCUT2D eigenvalue weighted by Crippen LogP contribution is -2.89. The lowest BCUT2D eigenvalue weighted by molar-refractivity contribution is 0.200. The Hall–Kier alpha value is 0.419. The Morgan fingerprint density at radius 1 is 0.500 bits per heavy atom. The van der Waals surface area contributed by atoms with Crippen molar-refractivity contribution in [3.05, 3.63) is 30.3 Å². The van der Waals surface area contributed by atoms with Crippen molar-refractivity contribution in [2.45, 2.75) is 150 Å². The van der Waals surface area contributed by atoms with Crippen molar-refractivity contribution < 1.29 is 34.2 Å². The molecule has 0 radical (unpaired) electrons. The van der Waals surface area contributed by atoms with E-state index >= 15 is 0 Å². The summed E-state index contributed by atoms with van der Waals surface area (Å²) < 4.78 is 49.2. The number of ether oxygens (including phenoxy) is 1. The topological polar surface area (TPSA) is 93.7 Å². The zero-order valence-corrected chi connectivity index (χ0v) is 45.8. The minimum atomic E-state index is -2.71. The van der Waals surface area contributed by atoms with Crippen LogP contribution >= 0.6 is 0 Å². The number of para-hydroxylation sites is 1. The van der Waals surface area contributed by atoms with Crippen molar-refractivity contribution in [2.75, 3.05) is 6.54 Å². The highest BCUT2D eigenvalue weighted by Crippen LogP contribution is 2.46. The van der Waals surface area contributed by atoms with Crippen molar-refractivity contribution >= 4 is 86.9 Å². The minimum Gasteiger partial charge on any atom is -0.439 e. The van der Waals surface area contributed by atoms with Crippen LogP contribution in [0.25, 0.3) is 0 Å². The Bertz CT molecular complexity index is 1140. The fourth-order valence-corrected chi connectivity index (χ4v) is 130. The van der Waals surface area contributed by atoms with E-state index in [-0.39, 0.29) is 0 Å². The molecule has 0 bridgehead atoms. The maximum atomic E-state index is 12.9. The van der Waals surface area contributed by atoms with Gasteiger partial charge in [-0.1, -0.05) is 24.2 Å². The molecule has 19 heteroatoms. The molecule has 0 unspecified atom stereocenters. The molecule has 50 heavy (non-hydrogen) atoms. The van der Waals surface area contributed by atoms with Crippen LogP contribution in [0.1, 0.15) is 6.42 Å². The van der Waals surface area contributed by atoms with E-state index in [9.17, 15) is 4.79 Å². The smallest absolute Gasteiger partial charge is 0.412 e. The monoisotopic (exact) mass is 869 g/mol. The van der Waals surface area contributed by atoms with Gasteiger partial charge in [-0.3, -0.25) is 0 Å². The average Bonchev–Trinajstić information content (AvgIpc) is 2.76. The van der Waals surface area contributed by atoms with Gasteiger partial charge in [-0.2, -0.15) is 0 Å². The Labute approximate surface area is 317 Å². The molecule has 0 saturated heterocycles. The molecule has 0 aromatic heterocycles. The summed E-state index contributed by atoms with van der Waals surface area (Å²) in [6.07, 6.45) is 0.336. The molecular weight excluding hydrogens is 795 g/mol. The van der Waals surface area contributed by atoms with E-state index < -0.39 is 86.9 Å². The molecule has 0 spiro atoms. The Balaban J connectivity index is 3.92. The third-order valence-corrected chi connectivity index (χ3v) is 96.8. The van der Waals surface area contributed by atoms with E-state index in [4.69, 9.17) is 29.4 Å². The first-order valence-electron chi connectivity index (χ1n) is 18.2. The summed E-state index contributed by atoms with van der Waals surface area (Å²) >= 11 is 0. The second-order valence-electron chi connectivity index (χ2n) is 19.3. The predicted octanol–water partition coefficient (Wildman–Crippen LogP) is 10.2.